The average molecular weight is 396 g/mol. The van der Waals surface area contributed by atoms with Crippen molar-refractivity contribution in [2.45, 2.75) is 32.6 Å². The Morgan fingerprint density at radius 1 is 1.07 bits per heavy atom. The highest BCUT2D eigenvalue weighted by atomic mass is 16.5. The van der Waals surface area contributed by atoms with Crippen LogP contribution in [0.5, 0.6) is 11.5 Å². The Balaban J connectivity index is 1.72. The predicted octanol–water partition coefficient (Wildman–Crippen LogP) is 3.99. The van der Waals surface area contributed by atoms with Gasteiger partial charge in [0.05, 0.1) is 25.8 Å². The highest BCUT2D eigenvalue weighted by Crippen LogP contribution is 2.32. The van der Waals surface area contributed by atoms with Crippen LogP contribution in [-0.4, -0.2) is 32.6 Å². The number of nitrogens with one attached hydrogen (secondary N) is 1. The molecule has 3 rings (SSSR count). The molecule has 0 bridgehead atoms. The van der Waals surface area contributed by atoms with Crippen molar-refractivity contribution in [3.63, 3.8) is 0 Å². The Morgan fingerprint density at radius 2 is 1.76 bits per heavy atom. The molecule has 6 nitrogen and oxygen atoms in total. The Morgan fingerprint density at radius 3 is 2.34 bits per heavy atom. The minimum atomic E-state index is -0.430. The lowest BCUT2D eigenvalue weighted by Gasteiger charge is -2.21. The van der Waals surface area contributed by atoms with Crippen molar-refractivity contribution >= 4 is 23.2 Å². The van der Waals surface area contributed by atoms with Crippen molar-refractivity contribution in [1.82, 2.24) is 0 Å². The van der Waals surface area contributed by atoms with Gasteiger partial charge in [0.1, 0.15) is 11.5 Å². The van der Waals surface area contributed by atoms with Crippen LogP contribution >= 0.6 is 0 Å². The third-order valence-electron chi connectivity index (χ3n) is 5.21. The maximum atomic E-state index is 12.8. The molecule has 0 aromatic heterocycles. The van der Waals surface area contributed by atoms with E-state index in [1.165, 1.54) is 5.56 Å². The van der Waals surface area contributed by atoms with E-state index in [9.17, 15) is 9.59 Å². The van der Waals surface area contributed by atoms with Crippen LogP contribution in [0.4, 0.5) is 11.4 Å². The maximum absolute atomic E-state index is 12.8. The molecule has 2 amide bonds. The molecule has 0 aliphatic carbocycles. The van der Waals surface area contributed by atoms with Crippen LogP contribution < -0.4 is 19.7 Å². The summed E-state index contributed by atoms with van der Waals surface area (Å²) in [7, 11) is 3.10. The molecular formula is C23H28N2O4. The molecule has 1 saturated heterocycles. The molecule has 2 aromatic rings. The molecule has 1 heterocycles. The number of carbonyl (C=O) groups excluding carboxylic acids is 2. The number of hydrogen-bond donors (Lipinski definition) is 1. The SMILES string of the molecule is COc1ccc(OC)c(NC(=O)C2CC(=O)N(c3ccc(C(C)(C)C)cc3)C2)c1. The van der Waals surface area contributed by atoms with Crippen molar-refractivity contribution in [3.05, 3.63) is 48.0 Å². The van der Waals surface area contributed by atoms with Crippen LogP contribution in [0.15, 0.2) is 42.5 Å². The van der Waals surface area contributed by atoms with Gasteiger partial charge in [0.25, 0.3) is 0 Å². The number of carbonyl (C=O) groups is 2. The van der Waals surface area contributed by atoms with Gasteiger partial charge in [-0.15, -0.1) is 0 Å². The Hall–Kier alpha value is -3.02. The van der Waals surface area contributed by atoms with Crippen LogP contribution in [0.3, 0.4) is 0 Å². The summed E-state index contributed by atoms with van der Waals surface area (Å²) >= 11 is 0. The zero-order chi connectivity index (χ0) is 21.2. The van der Waals surface area contributed by atoms with Gasteiger partial charge >= 0.3 is 0 Å². The van der Waals surface area contributed by atoms with Gasteiger partial charge < -0.3 is 19.7 Å². The molecule has 1 atom stereocenters. The molecule has 6 heteroatoms. The minimum Gasteiger partial charge on any atom is -0.497 e. The highest BCUT2D eigenvalue weighted by molar-refractivity contribution is 6.04. The lowest BCUT2D eigenvalue weighted by atomic mass is 9.87. The molecule has 0 spiro atoms. The minimum absolute atomic E-state index is 0.0474. The summed E-state index contributed by atoms with van der Waals surface area (Å²) in [5.41, 5.74) is 2.59. The topological polar surface area (TPSA) is 67.9 Å². The summed E-state index contributed by atoms with van der Waals surface area (Å²) in [5.74, 6) is 0.466. The Bertz CT molecular complexity index is 900. The van der Waals surface area contributed by atoms with E-state index in [4.69, 9.17) is 9.47 Å². The smallest absolute Gasteiger partial charge is 0.229 e. The largest absolute Gasteiger partial charge is 0.497 e. The number of amides is 2. The van der Waals surface area contributed by atoms with E-state index < -0.39 is 5.92 Å². The Kier molecular flexibility index (Phi) is 5.82. The van der Waals surface area contributed by atoms with Gasteiger partial charge in [0.2, 0.25) is 11.8 Å². The molecule has 0 radical (unpaired) electrons. The second-order valence-corrected chi connectivity index (χ2v) is 8.26. The number of rotatable bonds is 5. The first kappa shape index (κ1) is 20.7. The number of ether oxygens (including phenoxy) is 2. The van der Waals surface area contributed by atoms with Gasteiger partial charge in [-0.25, -0.2) is 0 Å². The van der Waals surface area contributed by atoms with Crippen LogP contribution in [0.1, 0.15) is 32.8 Å². The van der Waals surface area contributed by atoms with Gasteiger partial charge in [-0.3, -0.25) is 9.59 Å². The summed E-state index contributed by atoms with van der Waals surface area (Å²) in [6.45, 7) is 6.80. The predicted molar refractivity (Wildman–Crippen MR) is 114 cm³/mol. The number of hydrogen-bond acceptors (Lipinski definition) is 4. The van der Waals surface area contributed by atoms with Gasteiger partial charge in [-0.05, 0) is 35.2 Å². The average Bonchev–Trinajstić information content (AvgIpc) is 3.09. The van der Waals surface area contributed by atoms with Gasteiger partial charge in [0.15, 0.2) is 0 Å². The lowest BCUT2D eigenvalue weighted by molar-refractivity contribution is -0.122. The summed E-state index contributed by atoms with van der Waals surface area (Å²) in [6, 6.07) is 13.2. The maximum Gasteiger partial charge on any atom is 0.229 e. The molecular weight excluding hydrogens is 368 g/mol. The van der Waals surface area contributed by atoms with Crippen LogP contribution in [-0.2, 0) is 15.0 Å². The molecule has 2 aromatic carbocycles. The van der Waals surface area contributed by atoms with Crippen molar-refractivity contribution in [2.24, 2.45) is 5.92 Å². The van der Waals surface area contributed by atoms with E-state index in [1.54, 1.807) is 37.3 Å². The molecule has 0 saturated carbocycles. The van der Waals surface area contributed by atoms with E-state index in [2.05, 4.69) is 26.1 Å². The van der Waals surface area contributed by atoms with Gasteiger partial charge in [-0.2, -0.15) is 0 Å². The monoisotopic (exact) mass is 396 g/mol. The van der Waals surface area contributed by atoms with Crippen LogP contribution in [0.25, 0.3) is 0 Å². The second-order valence-electron chi connectivity index (χ2n) is 8.26. The van der Waals surface area contributed by atoms with E-state index in [1.807, 2.05) is 24.3 Å². The van der Waals surface area contributed by atoms with Crippen molar-refractivity contribution in [2.75, 3.05) is 31.0 Å². The molecule has 1 fully saturated rings. The third kappa shape index (κ3) is 4.53. The number of methoxy groups -OCH3 is 2. The molecule has 1 unspecified atom stereocenters. The zero-order valence-corrected chi connectivity index (χ0v) is 17.6. The van der Waals surface area contributed by atoms with Crippen molar-refractivity contribution in [3.8, 4) is 11.5 Å². The van der Waals surface area contributed by atoms with E-state index in [-0.39, 0.29) is 23.7 Å². The Labute approximate surface area is 171 Å². The molecule has 1 N–H and O–H groups in total. The van der Waals surface area contributed by atoms with Crippen molar-refractivity contribution < 1.29 is 19.1 Å². The lowest BCUT2D eigenvalue weighted by Crippen LogP contribution is -2.28. The number of anilines is 2. The van der Waals surface area contributed by atoms with Crippen LogP contribution in [0.2, 0.25) is 0 Å². The van der Waals surface area contributed by atoms with Crippen molar-refractivity contribution in [1.29, 1.82) is 0 Å². The normalized spacial score (nSPS) is 16.7. The summed E-state index contributed by atoms with van der Waals surface area (Å²) < 4.78 is 10.5. The molecule has 154 valence electrons. The second kappa shape index (κ2) is 8.15. The summed E-state index contributed by atoms with van der Waals surface area (Å²) in [5, 5.41) is 2.88. The fourth-order valence-corrected chi connectivity index (χ4v) is 3.42. The quantitative estimate of drug-likeness (QED) is 0.830. The zero-order valence-electron chi connectivity index (χ0n) is 17.6. The summed E-state index contributed by atoms with van der Waals surface area (Å²) in [6.07, 6.45) is 0.180. The number of benzene rings is 2. The summed E-state index contributed by atoms with van der Waals surface area (Å²) in [4.78, 5) is 27.0. The van der Waals surface area contributed by atoms with E-state index >= 15 is 0 Å². The van der Waals surface area contributed by atoms with E-state index in [0.29, 0.717) is 23.7 Å². The number of nitrogens with zero attached hydrogens (tertiary/aromatic N) is 1. The first-order chi connectivity index (χ1) is 13.7. The first-order valence-electron chi connectivity index (χ1n) is 9.66. The highest BCUT2D eigenvalue weighted by Gasteiger charge is 2.35. The van der Waals surface area contributed by atoms with Gasteiger partial charge in [-0.1, -0.05) is 32.9 Å². The van der Waals surface area contributed by atoms with Crippen LogP contribution in [0, 0.1) is 5.92 Å². The molecule has 29 heavy (non-hydrogen) atoms. The van der Waals surface area contributed by atoms with Gasteiger partial charge in [0, 0.05) is 24.7 Å². The third-order valence-corrected chi connectivity index (χ3v) is 5.21. The van der Waals surface area contributed by atoms with E-state index in [0.717, 1.165) is 5.69 Å². The standard InChI is InChI=1S/C23H28N2O4/c1-23(2,3)16-6-8-17(9-7-16)25-14-15(12-21(25)26)22(27)24-19-13-18(28-4)10-11-20(19)29-5/h6-11,13,15H,12,14H2,1-5H3,(H,24,27). The first-order valence-corrected chi connectivity index (χ1v) is 9.66. The fraction of sp³-hybridized carbons (Fsp3) is 0.391. The fourth-order valence-electron chi connectivity index (χ4n) is 3.42. The molecule has 1 aliphatic heterocycles. The molecule has 1 aliphatic rings.